The van der Waals surface area contributed by atoms with E-state index in [1.807, 2.05) is 6.07 Å². The lowest BCUT2D eigenvalue weighted by molar-refractivity contribution is -0.141. The van der Waals surface area contributed by atoms with Crippen LogP contribution >= 0.6 is 0 Å². The van der Waals surface area contributed by atoms with E-state index in [4.69, 9.17) is 4.74 Å². The second-order valence-corrected chi connectivity index (χ2v) is 2.67. The lowest BCUT2D eigenvalue weighted by Crippen LogP contribution is -1.97. The van der Waals surface area contributed by atoms with Gasteiger partial charge in [-0.2, -0.15) is 0 Å². The molecule has 1 heterocycles. The number of aliphatic hydroxyl groups excluding tert-OH is 1. The number of aliphatic hydroxyl groups is 1. The van der Waals surface area contributed by atoms with Crippen molar-refractivity contribution >= 4 is 6.29 Å². The van der Waals surface area contributed by atoms with Crippen molar-refractivity contribution in [2.45, 2.75) is 12.4 Å². The van der Waals surface area contributed by atoms with Gasteiger partial charge in [-0.3, -0.25) is 0 Å². The van der Waals surface area contributed by atoms with Gasteiger partial charge in [-0.05, 0) is 5.56 Å². The van der Waals surface area contributed by atoms with Crippen LogP contribution in [0.15, 0.2) is 24.3 Å². The highest BCUT2D eigenvalue weighted by Gasteiger charge is 2.29. The molecule has 0 bridgehead atoms. The molecule has 3 nitrogen and oxygen atoms in total. The third-order valence-electron chi connectivity index (χ3n) is 1.97. The highest BCUT2D eigenvalue weighted by Crippen LogP contribution is 2.35. The monoisotopic (exact) mass is 164 g/mol. The summed E-state index contributed by atoms with van der Waals surface area (Å²) >= 11 is 0. The van der Waals surface area contributed by atoms with Crippen molar-refractivity contribution < 1.29 is 14.6 Å². The molecule has 1 aromatic rings. The number of carbonyl (C=O) groups excluding carboxylic acids is 1. The Morgan fingerprint density at radius 2 is 2.00 bits per heavy atom. The zero-order chi connectivity index (χ0) is 8.55. The SMILES string of the molecule is O=CC1OC(O)c2ccccc21. The molecule has 0 aromatic heterocycles. The number of rotatable bonds is 1. The van der Waals surface area contributed by atoms with Gasteiger partial charge in [0, 0.05) is 5.56 Å². The van der Waals surface area contributed by atoms with Gasteiger partial charge >= 0.3 is 0 Å². The maximum atomic E-state index is 10.5. The van der Waals surface area contributed by atoms with E-state index in [-0.39, 0.29) is 0 Å². The van der Waals surface area contributed by atoms with Crippen LogP contribution in [0.4, 0.5) is 0 Å². The molecular weight excluding hydrogens is 156 g/mol. The standard InChI is InChI=1S/C9H8O3/c10-5-8-6-3-1-2-4-7(6)9(11)12-8/h1-5,8-9,11H. The van der Waals surface area contributed by atoms with Crippen LogP contribution in [0, 0.1) is 0 Å². The molecule has 1 aliphatic heterocycles. The van der Waals surface area contributed by atoms with E-state index >= 15 is 0 Å². The zero-order valence-corrected chi connectivity index (χ0v) is 6.31. The Labute approximate surface area is 69.6 Å². The number of aldehydes is 1. The Kier molecular flexibility index (Phi) is 1.67. The van der Waals surface area contributed by atoms with Gasteiger partial charge in [0.15, 0.2) is 12.6 Å². The molecule has 3 heteroatoms. The van der Waals surface area contributed by atoms with Crippen molar-refractivity contribution in [2.24, 2.45) is 0 Å². The maximum absolute atomic E-state index is 10.5. The zero-order valence-electron chi connectivity index (χ0n) is 6.31. The van der Waals surface area contributed by atoms with E-state index in [0.29, 0.717) is 11.8 Å². The first-order valence-electron chi connectivity index (χ1n) is 3.70. The third-order valence-corrected chi connectivity index (χ3v) is 1.97. The van der Waals surface area contributed by atoms with Crippen LogP contribution in [-0.2, 0) is 9.53 Å². The van der Waals surface area contributed by atoms with Crippen molar-refractivity contribution in [3.63, 3.8) is 0 Å². The second kappa shape index (κ2) is 2.69. The molecule has 0 spiro atoms. The van der Waals surface area contributed by atoms with Gasteiger partial charge in [-0.25, -0.2) is 0 Å². The van der Waals surface area contributed by atoms with Gasteiger partial charge in [0.05, 0.1) is 0 Å². The number of ether oxygens (including phenoxy) is 1. The van der Waals surface area contributed by atoms with E-state index in [2.05, 4.69) is 0 Å². The Hall–Kier alpha value is -1.19. The van der Waals surface area contributed by atoms with Gasteiger partial charge in [0.2, 0.25) is 0 Å². The van der Waals surface area contributed by atoms with Crippen LogP contribution in [0.5, 0.6) is 0 Å². The summed E-state index contributed by atoms with van der Waals surface area (Å²) < 4.78 is 4.97. The summed E-state index contributed by atoms with van der Waals surface area (Å²) in [4.78, 5) is 10.5. The van der Waals surface area contributed by atoms with Crippen LogP contribution in [0.25, 0.3) is 0 Å². The van der Waals surface area contributed by atoms with Crippen molar-refractivity contribution in [3.8, 4) is 0 Å². The normalized spacial score (nSPS) is 26.8. The van der Waals surface area contributed by atoms with Crippen molar-refractivity contribution in [1.82, 2.24) is 0 Å². The summed E-state index contributed by atoms with van der Waals surface area (Å²) in [5.41, 5.74) is 1.45. The fourth-order valence-electron chi connectivity index (χ4n) is 1.39. The molecular formula is C9H8O3. The topological polar surface area (TPSA) is 46.5 Å². The van der Waals surface area contributed by atoms with Crippen molar-refractivity contribution in [3.05, 3.63) is 35.4 Å². The van der Waals surface area contributed by atoms with Gasteiger partial charge in [-0.15, -0.1) is 0 Å². The molecule has 1 aliphatic rings. The van der Waals surface area contributed by atoms with E-state index in [1.54, 1.807) is 18.2 Å². The first-order chi connectivity index (χ1) is 5.83. The minimum Gasteiger partial charge on any atom is -0.364 e. The minimum atomic E-state index is -0.948. The first kappa shape index (κ1) is 7.46. The molecule has 1 N–H and O–H groups in total. The first-order valence-corrected chi connectivity index (χ1v) is 3.70. The summed E-state index contributed by atoms with van der Waals surface area (Å²) in [6.07, 6.45) is -0.859. The molecule has 12 heavy (non-hydrogen) atoms. The summed E-state index contributed by atoms with van der Waals surface area (Å²) in [5.74, 6) is 0. The minimum absolute atomic E-state index is 0.601. The molecule has 2 unspecified atom stereocenters. The number of carbonyl (C=O) groups is 1. The fraction of sp³-hybridized carbons (Fsp3) is 0.222. The molecule has 0 saturated carbocycles. The van der Waals surface area contributed by atoms with E-state index < -0.39 is 12.4 Å². The Bertz CT molecular complexity index is 308. The van der Waals surface area contributed by atoms with E-state index in [1.165, 1.54) is 0 Å². The molecule has 2 atom stereocenters. The van der Waals surface area contributed by atoms with Gasteiger partial charge in [0.1, 0.15) is 6.10 Å². The van der Waals surface area contributed by atoms with E-state index in [9.17, 15) is 9.90 Å². The fourth-order valence-corrected chi connectivity index (χ4v) is 1.39. The highest BCUT2D eigenvalue weighted by atomic mass is 16.6. The molecule has 0 saturated heterocycles. The van der Waals surface area contributed by atoms with Gasteiger partial charge in [0.25, 0.3) is 0 Å². The van der Waals surface area contributed by atoms with Crippen LogP contribution in [0.3, 0.4) is 0 Å². The number of hydrogen-bond acceptors (Lipinski definition) is 3. The molecule has 0 radical (unpaired) electrons. The molecule has 1 aromatic carbocycles. The average molecular weight is 164 g/mol. The van der Waals surface area contributed by atoms with Crippen LogP contribution in [-0.4, -0.2) is 11.4 Å². The highest BCUT2D eigenvalue weighted by molar-refractivity contribution is 5.62. The van der Waals surface area contributed by atoms with Crippen LogP contribution in [0.1, 0.15) is 23.5 Å². The predicted molar refractivity (Wildman–Crippen MR) is 41.3 cm³/mol. The van der Waals surface area contributed by atoms with Gasteiger partial charge < -0.3 is 14.6 Å². The summed E-state index contributed by atoms with van der Waals surface area (Å²) in [7, 11) is 0. The Morgan fingerprint density at radius 3 is 2.67 bits per heavy atom. The van der Waals surface area contributed by atoms with E-state index in [0.717, 1.165) is 5.56 Å². The summed E-state index contributed by atoms with van der Waals surface area (Å²) in [5, 5.41) is 9.30. The average Bonchev–Trinajstić information content (AvgIpc) is 2.44. The summed E-state index contributed by atoms with van der Waals surface area (Å²) in [6.45, 7) is 0. The lowest BCUT2D eigenvalue weighted by atomic mass is 10.1. The quantitative estimate of drug-likeness (QED) is 0.628. The lowest BCUT2D eigenvalue weighted by Gasteiger charge is -2.01. The second-order valence-electron chi connectivity index (χ2n) is 2.67. The largest absolute Gasteiger partial charge is 0.364 e. The van der Waals surface area contributed by atoms with Crippen LogP contribution in [0.2, 0.25) is 0 Å². The molecule has 62 valence electrons. The van der Waals surface area contributed by atoms with Crippen LogP contribution < -0.4 is 0 Å². The maximum Gasteiger partial charge on any atom is 0.182 e. The number of hydrogen-bond donors (Lipinski definition) is 1. The molecule has 0 aliphatic carbocycles. The third kappa shape index (κ3) is 0.948. The predicted octanol–water partition coefficient (Wildman–Crippen LogP) is 0.948. The number of benzene rings is 1. The number of fused-ring (bicyclic) bond motifs is 1. The van der Waals surface area contributed by atoms with Crippen molar-refractivity contribution in [2.75, 3.05) is 0 Å². The van der Waals surface area contributed by atoms with Gasteiger partial charge in [-0.1, -0.05) is 24.3 Å². The Morgan fingerprint density at radius 1 is 1.33 bits per heavy atom. The summed E-state index contributed by atoms with van der Waals surface area (Å²) in [6, 6.07) is 7.16. The molecule has 2 rings (SSSR count). The van der Waals surface area contributed by atoms with Crippen molar-refractivity contribution in [1.29, 1.82) is 0 Å². The smallest absolute Gasteiger partial charge is 0.182 e. The molecule has 0 fully saturated rings. The Balaban J connectivity index is 2.49. The molecule has 0 amide bonds.